The summed E-state index contributed by atoms with van der Waals surface area (Å²) in [7, 11) is 2.78. The summed E-state index contributed by atoms with van der Waals surface area (Å²) in [5.74, 6) is -1.13. The molecule has 1 aliphatic rings. The Labute approximate surface area is 163 Å². The Morgan fingerprint density at radius 2 is 1.89 bits per heavy atom. The highest BCUT2D eigenvalue weighted by Gasteiger charge is 2.27. The number of aromatic hydroxyl groups is 1. The van der Waals surface area contributed by atoms with E-state index in [1.807, 2.05) is 0 Å². The number of fused-ring (bicyclic) bond motifs is 1. The van der Waals surface area contributed by atoms with E-state index in [2.05, 4.69) is 0 Å². The van der Waals surface area contributed by atoms with Crippen LogP contribution in [0.5, 0.6) is 17.2 Å². The summed E-state index contributed by atoms with van der Waals surface area (Å²) >= 11 is 0. The second kappa shape index (κ2) is 9.57. The van der Waals surface area contributed by atoms with E-state index in [1.54, 1.807) is 6.92 Å². The lowest BCUT2D eigenvalue weighted by atomic mass is 9.99. The minimum Gasteiger partial charge on any atom is -0.507 e. The molecule has 3 N–H and O–H groups in total. The van der Waals surface area contributed by atoms with Crippen molar-refractivity contribution in [1.82, 2.24) is 0 Å². The maximum Gasteiger partial charge on any atom is 0.342 e. The molecule has 1 heterocycles. The first-order valence-corrected chi connectivity index (χ1v) is 9.04. The zero-order chi connectivity index (χ0) is 20.8. The molecule has 0 saturated heterocycles. The standard InChI is InChI=1S/C20H26O8/c1-11-6-4-8-13(21)18(24)14(22)9-5-7-12-17(20(25)28-11)15(23)10-16(26-2)19(12)27-3/h5,7,10-11,14,18,22-24H,4,6,8-9H2,1-3H3/t11-,14-,18-/m0/s1. The van der Waals surface area contributed by atoms with E-state index in [-0.39, 0.29) is 41.2 Å². The fraction of sp³-hybridized carbons (Fsp3) is 0.500. The Morgan fingerprint density at radius 1 is 1.18 bits per heavy atom. The normalized spacial score (nSPS) is 24.1. The average molecular weight is 394 g/mol. The van der Waals surface area contributed by atoms with Crippen LogP contribution in [0.25, 0.3) is 6.08 Å². The number of phenolic OH excluding ortho intramolecular Hbond substituents is 1. The van der Waals surface area contributed by atoms with Gasteiger partial charge in [-0.1, -0.05) is 12.2 Å². The van der Waals surface area contributed by atoms with Crippen molar-refractivity contribution in [3.05, 3.63) is 23.3 Å². The summed E-state index contributed by atoms with van der Waals surface area (Å²) in [6.07, 6.45) is 0.426. The first-order valence-electron chi connectivity index (χ1n) is 9.04. The molecule has 0 aliphatic carbocycles. The number of hydrogen-bond donors (Lipinski definition) is 3. The highest BCUT2D eigenvalue weighted by atomic mass is 16.5. The molecule has 0 saturated carbocycles. The molecule has 8 heteroatoms. The minimum absolute atomic E-state index is 0.0427. The van der Waals surface area contributed by atoms with Gasteiger partial charge in [0.05, 0.1) is 26.4 Å². The second-order valence-corrected chi connectivity index (χ2v) is 6.64. The number of ketones is 1. The first-order chi connectivity index (χ1) is 13.3. The number of phenols is 1. The minimum atomic E-state index is -1.49. The van der Waals surface area contributed by atoms with Crippen molar-refractivity contribution < 1.29 is 39.1 Å². The predicted molar refractivity (Wildman–Crippen MR) is 101 cm³/mol. The molecule has 154 valence electrons. The highest BCUT2D eigenvalue weighted by Crippen LogP contribution is 2.40. The smallest absolute Gasteiger partial charge is 0.342 e. The molecular weight excluding hydrogens is 368 g/mol. The van der Waals surface area contributed by atoms with Crippen LogP contribution in [0, 0.1) is 0 Å². The third kappa shape index (κ3) is 4.82. The Morgan fingerprint density at radius 3 is 2.54 bits per heavy atom. The van der Waals surface area contributed by atoms with Gasteiger partial charge in [0.25, 0.3) is 0 Å². The van der Waals surface area contributed by atoms with Gasteiger partial charge in [0.1, 0.15) is 17.4 Å². The molecule has 1 aromatic carbocycles. The summed E-state index contributed by atoms with van der Waals surface area (Å²) in [5.41, 5.74) is 0.116. The highest BCUT2D eigenvalue weighted by molar-refractivity contribution is 5.98. The van der Waals surface area contributed by atoms with Crippen LogP contribution in [0.4, 0.5) is 0 Å². The van der Waals surface area contributed by atoms with Crippen LogP contribution in [-0.4, -0.2) is 59.6 Å². The number of rotatable bonds is 2. The molecule has 8 nitrogen and oxygen atoms in total. The van der Waals surface area contributed by atoms with E-state index < -0.39 is 30.1 Å². The number of Topliss-reactive ketones (excluding diaryl/α,β-unsaturated/α-hetero) is 1. The molecule has 3 atom stereocenters. The molecule has 1 aliphatic heterocycles. The number of carbonyl (C=O) groups is 2. The average Bonchev–Trinajstić information content (AvgIpc) is 2.65. The van der Waals surface area contributed by atoms with Crippen molar-refractivity contribution in [2.45, 2.75) is 50.9 Å². The van der Waals surface area contributed by atoms with Gasteiger partial charge in [0.2, 0.25) is 0 Å². The van der Waals surface area contributed by atoms with Crippen LogP contribution in [0.3, 0.4) is 0 Å². The summed E-state index contributed by atoms with van der Waals surface area (Å²) in [4.78, 5) is 24.7. The number of cyclic esters (lactones) is 1. The zero-order valence-corrected chi connectivity index (χ0v) is 16.2. The predicted octanol–water partition coefficient (Wildman–Crippen LogP) is 1.83. The SMILES string of the molecule is COc1cc(O)c2c(c1OC)C=CC[C@H](O)[C@@H](O)C(=O)CCC[C@H](C)OC2=O. The maximum atomic E-state index is 12.7. The van der Waals surface area contributed by atoms with Crippen LogP contribution in [0.1, 0.15) is 48.5 Å². The Hall–Kier alpha value is -2.58. The Bertz CT molecular complexity index is 755. The van der Waals surface area contributed by atoms with Gasteiger partial charge in [-0.2, -0.15) is 0 Å². The Balaban J connectivity index is 2.55. The lowest BCUT2D eigenvalue weighted by molar-refractivity contribution is -0.132. The number of aliphatic hydroxyl groups is 2. The lowest BCUT2D eigenvalue weighted by Gasteiger charge is -2.20. The van der Waals surface area contributed by atoms with Gasteiger partial charge >= 0.3 is 5.97 Å². The van der Waals surface area contributed by atoms with Crippen LogP contribution in [0.15, 0.2) is 12.1 Å². The van der Waals surface area contributed by atoms with Crippen molar-refractivity contribution in [3.8, 4) is 17.2 Å². The second-order valence-electron chi connectivity index (χ2n) is 6.64. The maximum absolute atomic E-state index is 12.7. The molecule has 2 rings (SSSR count). The molecule has 0 spiro atoms. The number of aliphatic hydroxyl groups excluding tert-OH is 2. The number of carbonyl (C=O) groups excluding carboxylic acids is 2. The summed E-state index contributed by atoms with van der Waals surface area (Å²) in [6, 6.07) is 1.26. The van der Waals surface area contributed by atoms with E-state index in [4.69, 9.17) is 14.2 Å². The Kier molecular flexibility index (Phi) is 7.42. The van der Waals surface area contributed by atoms with E-state index in [0.29, 0.717) is 12.8 Å². The number of hydrogen-bond acceptors (Lipinski definition) is 8. The van der Waals surface area contributed by atoms with Gasteiger partial charge in [-0.3, -0.25) is 4.79 Å². The van der Waals surface area contributed by atoms with Gasteiger partial charge < -0.3 is 29.5 Å². The molecule has 0 aromatic heterocycles. The summed E-state index contributed by atoms with van der Waals surface area (Å²) in [5, 5.41) is 30.4. The van der Waals surface area contributed by atoms with E-state index >= 15 is 0 Å². The molecular formula is C20H26O8. The van der Waals surface area contributed by atoms with Crippen LogP contribution >= 0.6 is 0 Å². The van der Waals surface area contributed by atoms with Crippen molar-refractivity contribution in [2.24, 2.45) is 0 Å². The molecule has 0 fully saturated rings. The summed E-state index contributed by atoms with van der Waals surface area (Å²) < 4.78 is 15.9. The zero-order valence-electron chi connectivity index (χ0n) is 16.2. The number of benzene rings is 1. The van der Waals surface area contributed by atoms with Gasteiger partial charge in [0.15, 0.2) is 17.3 Å². The fourth-order valence-corrected chi connectivity index (χ4v) is 3.06. The molecule has 1 aromatic rings. The topological polar surface area (TPSA) is 123 Å². The number of ether oxygens (including phenoxy) is 3. The van der Waals surface area contributed by atoms with E-state index in [0.717, 1.165) is 0 Å². The van der Waals surface area contributed by atoms with Gasteiger partial charge in [-0.05, 0) is 26.2 Å². The fourth-order valence-electron chi connectivity index (χ4n) is 3.06. The third-order valence-corrected chi connectivity index (χ3v) is 4.59. The number of methoxy groups -OCH3 is 2. The quantitative estimate of drug-likeness (QED) is 0.650. The first kappa shape index (κ1) is 21.7. The monoisotopic (exact) mass is 394 g/mol. The van der Waals surface area contributed by atoms with Gasteiger partial charge in [-0.15, -0.1) is 0 Å². The van der Waals surface area contributed by atoms with Crippen molar-refractivity contribution >= 4 is 17.8 Å². The molecule has 28 heavy (non-hydrogen) atoms. The largest absolute Gasteiger partial charge is 0.507 e. The van der Waals surface area contributed by atoms with Crippen molar-refractivity contribution in [3.63, 3.8) is 0 Å². The lowest BCUT2D eigenvalue weighted by Crippen LogP contribution is -2.33. The van der Waals surface area contributed by atoms with E-state index in [1.165, 1.54) is 32.4 Å². The van der Waals surface area contributed by atoms with Crippen LogP contribution < -0.4 is 9.47 Å². The van der Waals surface area contributed by atoms with E-state index in [9.17, 15) is 24.9 Å². The molecule has 0 amide bonds. The van der Waals surface area contributed by atoms with Gasteiger partial charge in [-0.25, -0.2) is 4.79 Å². The van der Waals surface area contributed by atoms with Gasteiger partial charge in [0, 0.05) is 18.1 Å². The van der Waals surface area contributed by atoms with Crippen molar-refractivity contribution in [2.75, 3.05) is 14.2 Å². The number of esters is 1. The van der Waals surface area contributed by atoms with Crippen LogP contribution in [-0.2, 0) is 9.53 Å². The molecule has 0 bridgehead atoms. The third-order valence-electron chi connectivity index (χ3n) is 4.59. The van der Waals surface area contributed by atoms with Crippen LogP contribution in [0.2, 0.25) is 0 Å². The molecule has 0 unspecified atom stereocenters. The summed E-state index contributed by atoms with van der Waals surface area (Å²) in [6.45, 7) is 1.67. The molecule has 0 radical (unpaired) electrons. The van der Waals surface area contributed by atoms with Crippen molar-refractivity contribution in [1.29, 1.82) is 0 Å².